The van der Waals surface area contributed by atoms with Crippen LogP contribution in [0.3, 0.4) is 0 Å². The molecule has 1 unspecified atom stereocenters. The van der Waals surface area contributed by atoms with Crippen molar-refractivity contribution in [1.29, 1.82) is 0 Å². The average molecular weight is 466 g/mol. The van der Waals surface area contributed by atoms with Gasteiger partial charge < -0.3 is 5.32 Å². The van der Waals surface area contributed by atoms with Gasteiger partial charge >= 0.3 is 0 Å². The van der Waals surface area contributed by atoms with Gasteiger partial charge in [-0.3, -0.25) is 9.48 Å². The third-order valence-corrected chi connectivity index (χ3v) is 6.44. The summed E-state index contributed by atoms with van der Waals surface area (Å²) in [5.41, 5.74) is 0.121. The fourth-order valence-corrected chi connectivity index (χ4v) is 4.67. The number of anilines is 1. The maximum Gasteiger partial charge on any atom is 0.274 e. The Labute approximate surface area is 182 Å². The van der Waals surface area contributed by atoms with Crippen LogP contribution >= 0.6 is 0 Å². The highest BCUT2D eigenvalue weighted by atomic mass is 32.2. The van der Waals surface area contributed by atoms with Crippen molar-refractivity contribution in [3.63, 3.8) is 0 Å². The predicted molar refractivity (Wildman–Crippen MR) is 112 cm³/mol. The number of hydrogen-bond acceptors (Lipinski definition) is 4. The molecule has 0 saturated heterocycles. The Morgan fingerprint density at radius 2 is 2.00 bits per heavy atom. The van der Waals surface area contributed by atoms with Crippen LogP contribution in [-0.2, 0) is 16.6 Å². The van der Waals surface area contributed by atoms with Crippen LogP contribution in [0.25, 0.3) is 10.9 Å². The smallest absolute Gasteiger partial charge is 0.274 e. The molecule has 1 atom stereocenters. The Bertz CT molecular complexity index is 1290. The monoisotopic (exact) mass is 466 g/mol. The van der Waals surface area contributed by atoms with Crippen molar-refractivity contribution in [3.8, 4) is 0 Å². The highest BCUT2D eigenvalue weighted by Crippen LogP contribution is 2.37. The van der Waals surface area contributed by atoms with Crippen LogP contribution in [0.5, 0.6) is 0 Å². The summed E-state index contributed by atoms with van der Waals surface area (Å²) in [5.74, 6) is -4.52. The van der Waals surface area contributed by atoms with E-state index < -0.39 is 33.6 Å². The number of nitrogens with zero attached hydrogens (tertiary/aromatic N) is 2. The van der Waals surface area contributed by atoms with Crippen LogP contribution in [0.1, 0.15) is 36.2 Å². The van der Waals surface area contributed by atoms with Gasteiger partial charge in [-0.2, -0.15) is 5.10 Å². The molecule has 1 heterocycles. The number of nitrogens with two attached hydrogens (primary N) is 1. The molecule has 1 saturated carbocycles. The molecular weight excluding hydrogens is 445 g/mol. The van der Waals surface area contributed by atoms with Crippen molar-refractivity contribution in [3.05, 3.63) is 54.0 Å². The Kier molecular flexibility index (Phi) is 5.72. The van der Waals surface area contributed by atoms with Crippen molar-refractivity contribution in [2.24, 2.45) is 11.1 Å². The van der Waals surface area contributed by atoms with E-state index in [-0.39, 0.29) is 46.6 Å². The molecule has 0 spiro atoms. The molecule has 1 aliphatic rings. The molecule has 0 bridgehead atoms. The number of sulfonamides is 1. The molecule has 0 radical (unpaired) electrons. The second kappa shape index (κ2) is 8.21. The number of benzene rings is 2. The third kappa shape index (κ3) is 4.63. The van der Waals surface area contributed by atoms with Crippen molar-refractivity contribution >= 4 is 32.5 Å². The lowest BCUT2D eigenvalue weighted by molar-refractivity contribution is -0.0552. The van der Waals surface area contributed by atoms with Gasteiger partial charge in [0.25, 0.3) is 5.91 Å². The summed E-state index contributed by atoms with van der Waals surface area (Å²) in [6, 6.07) is 9.50. The van der Waals surface area contributed by atoms with E-state index in [9.17, 15) is 26.4 Å². The summed E-state index contributed by atoms with van der Waals surface area (Å²) in [4.78, 5) is 12.9. The zero-order valence-corrected chi connectivity index (χ0v) is 17.7. The first-order valence-electron chi connectivity index (χ1n) is 10.0. The fourth-order valence-electron chi connectivity index (χ4n) is 4.11. The van der Waals surface area contributed by atoms with Crippen LogP contribution in [0.2, 0.25) is 0 Å². The third-order valence-electron chi connectivity index (χ3n) is 5.53. The largest absolute Gasteiger partial charge is 0.321 e. The summed E-state index contributed by atoms with van der Waals surface area (Å²) in [5, 5.41) is 12.1. The number of carbonyl (C=O) groups is 1. The molecule has 1 amide bonds. The molecule has 3 aromatic rings. The minimum absolute atomic E-state index is 0.00870. The first-order chi connectivity index (χ1) is 15.0. The van der Waals surface area contributed by atoms with Gasteiger partial charge in [-0.05, 0) is 43.0 Å². The van der Waals surface area contributed by atoms with Gasteiger partial charge in [0.1, 0.15) is 11.2 Å². The number of aromatic nitrogens is 2. The Hall–Kier alpha value is -2.92. The Morgan fingerprint density at radius 3 is 2.72 bits per heavy atom. The van der Waals surface area contributed by atoms with Crippen molar-refractivity contribution in [2.75, 3.05) is 5.32 Å². The molecule has 4 rings (SSSR count). The van der Waals surface area contributed by atoms with Crippen LogP contribution in [0, 0.1) is 11.7 Å². The first kappa shape index (κ1) is 22.3. The van der Waals surface area contributed by atoms with E-state index in [2.05, 4.69) is 10.4 Å². The van der Waals surface area contributed by atoms with E-state index in [1.54, 1.807) is 0 Å². The molecular formula is C21H21F3N4O3S. The van der Waals surface area contributed by atoms with Gasteiger partial charge in [-0.25, -0.2) is 26.7 Å². The average Bonchev–Trinajstić information content (AvgIpc) is 3.06. The maximum atomic E-state index is 14.3. The molecule has 11 heteroatoms. The van der Waals surface area contributed by atoms with Crippen LogP contribution in [-0.4, -0.2) is 30.0 Å². The second-order valence-corrected chi connectivity index (χ2v) is 9.57. The highest BCUT2D eigenvalue weighted by Gasteiger charge is 2.37. The van der Waals surface area contributed by atoms with E-state index in [0.29, 0.717) is 12.8 Å². The van der Waals surface area contributed by atoms with Gasteiger partial charge in [0.15, 0.2) is 5.82 Å². The summed E-state index contributed by atoms with van der Waals surface area (Å²) in [6.45, 7) is 0.0314. The molecule has 32 heavy (non-hydrogen) atoms. The fraction of sp³-hybridized carbons (Fsp3) is 0.333. The normalized spacial score (nSPS) is 18.6. The molecule has 7 nitrogen and oxygen atoms in total. The number of alkyl halides is 2. The quantitative estimate of drug-likeness (QED) is 0.595. The van der Waals surface area contributed by atoms with Crippen molar-refractivity contribution < 1.29 is 26.4 Å². The van der Waals surface area contributed by atoms with Crippen LogP contribution < -0.4 is 10.5 Å². The SMILES string of the molecule is NS(=O)(=O)c1cccc(NC(=O)c2c3cccc(F)c3nn2CC2CCCC(F)(F)C2)c1. The van der Waals surface area contributed by atoms with Crippen molar-refractivity contribution in [1.82, 2.24) is 9.78 Å². The van der Waals surface area contributed by atoms with E-state index in [0.717, 1.165) is 0 Å². The number of halogens is 3. The van der Waals surface area contributed by atoms with Crippen molar-refractivity contribution in [2.45, 2.75) is 43.0 Å². The number of carbonyl (C=O) groups excluding carboxylic acids is 1. The van der Waals surface area contributed by atoms with Crippen LogP contribution in [0.4, 0.5) is 18.9 Å². The summed E-state index contributed by atoms with van der Waals surface area (Å²) in [7, 11) is -3.98. The van der Waals surface area contributed by atoms with E-state index >= 15 is 0 Å². The summed E-state index contributed by atoms with van der Waals surface area (Å²) in [6.07, 6.45) is 0.399. The number of primary sulfonamides is 1. The molecule has 1 aromatic heterocycles. The zero-order chi connectivity index (χ0) is 23.1. The van der Waals surface area contributed by atoms with Gasteiger partial charge in [0, 0.05) is 30.5 Å². The molecule has 1 aliphatic carbocycles. The molecule has 0 aliphatic heterocycles. The number of rotatable bonds is 5. The molecule has 3 N–H and O–H groups in total. The number of hydrogen-bond donors (Lipinski definition) is 2. The van der Waals surface area contributed by atoms with E-state index in [1.807, 2.05) is 0 Å². The topological polar surface area (TPSA) is 107 Å². The summed E-state index contributed by atoms with van der Waals surface area (Å²) >= 11 is 0. The Balaban J connectivity index is 1.70. The van der Waals surface area contributed by atoms with Gasteiger partial charge in [0.05, 0.1) is 4.90 Å². The minimum Gasteiger partial charge on any atom is -0.321 e. The van der Waals surface area contributed by atoms with Gasteiger partial charge in [-0.1, -0.05) is 18.2 Å². The molecule has 2 aromatic carbocycles. The van der Waals surface area contributed by atoms with Gasteiger partial charge in [0.2, 0.25) is 15.9 Å². The van der Waals surface area contributed by atoms with E-state index in [4.69, 9.17) is 5.14 Å². The first-order valence-corrected chi connectivity index (χ1v) is 11.6. The standard InChI is InChI=1S/C21H21F3N4O3S/c22-17-8-2-7-16-18(17)27-28(12-13-4-3-9-21(23,24)11-13)19(16)20(29)26-14-5-1-6-15(10-14)32(25,30)31/h1-2,5-8,10,13H,3-4,9,11-12H2,(H,26,29)(H2,25,30,31). The highest BCUT2D eigenvalue weighted by molar-refractivity contribution is 7.89. The van der Waals surface area contributed by atoms with Crippen LogP contribution in [0.15, 0.2) is 47.4 Å². The Morgan fingerprint density at radius 1 is 1.25 bits per heavy atom. The maximum absolute atomic E-state index is 14.3. The predicted octanol–water partition coefficient (Wildman–Crippen LogP) is 3.90. The lowest BCUT2D eigenvalue weighted by Crippen LogP contribution is -2.30. The second-order valence-electron chi connectivity index (χ2n) is 8.01. The lowest BCUT2D eigenvalue weighted by atomic mass is 9.86. The zero-order valence-electron chi connectivity index (χ0n) is 16.9. The molecule has 1 fully saturated rings. The van der Waals surface area contributed by atoms with Gasteiger partial charge in [-0.15, -0.1) is 0 Å². The lowest BCUT2D eigenvalue weighted by Gasteiger charge is -2.29. The number of nitrogens with one attached hydrogen (secondary N) is 1. The molecule has 170 valence electrons. The number of fused-ring (bicyclic) bond motifs is 1. The van der Waals surface area contributed by atoms with E-state index in [1.165, 1.54) is 47.1 Å². The minimum atomic E-state index is -3.98. The number of amides is 1. The summed E-state index contributed by atoms with van der Waals surface area (Å²) < 4.78 is 66.5.